The van der Waals surface area contributed by atoms with Crippen LogP contribution >= 0.6 is 0 Å². The van der Waals surface area contributed by atoms with Gasteiger partial charge in [0, 0.05) is 24.3 Å². The first-order valence-corrected chi connectivity index (χ1v) is 11.4. The van der Waals surface area contributed by atoms with Gasteiger partial charge in [0.15, 0.2) is 12.4 Å². The minimum Gasteiger partial charge on any atom is -0.858 e. The van der Waals surface area contributed by atoms with Gasteiger partial charge < -0.3 is 9.84 Å². The summed E-state index contributed by atoms with van der Waals surface area (Å²) in [4.78, 5) is 28.2. The molecule has 182 valence electrons. The van der Waals surface area contributed by atoms with Gasteiger partial charge in [-0.2, -0.15) is 9.67 Å². The van der Waals surface area contributed by atoms with Gasteiger partial charge in [0.25, 0.3) is 11.6 Å². The Labute approximate surface area is 202 Å². The monoisotopic (exact) mass is 478 g/mol. The Morgan fingerprint density at radius 1 is 1.09 bits per heavy atom. The fraction of sp³-hybridized carbons (Fsp3) is 0.308. The summed E-state index contributed by atoms with van der Waals surface area (Å²) < 4.78 is 21.3. The highest BCUT2D eigenvalue weighted by molar-refractivity contribution is 6.44. The molecule has 0 saturated carbocycles. The van der Waals surface area contributed by atoms with Crippen LogP contribution in [0.1, 0.15) is 35.7 Å². The van der Waals surface area contributed by atoms with E-state index in [0.29, 0.717) is 24.2 Å². The number of aryl methyl sites for hydroxylation is 3. The number of pyridine rings is 1. The van der Waals surface area contributed by atoms with Crippen molar-refractivity contribution in [2.75, 3.05) is 20.3 Å². The molecule has 3 heterocycles. The van der Waals surface area contributed by atoms with Gasteiger partial charge in [-0.1, -0.05) is 13.3 Å². The molecule has 0 radical (unpaired) electrons. The summed E-state index contributed by atoms with van der Waals surface area (Å²) in [6.07, 6.45) is 4.57. The van der Waals surface area contributed by atoms with Gasteiger partial charge in [-0.3, -0.25) is 14.5 Å². The van der Waals surface area contributed by atoms with E-state index < -0.39 is 23.5 Å². The number of amides is 2. The number of halogens is 1. The molecule has 0 bridgehead atoms. The SMILES string of the molecule is CCCc1nn(-c2ccc(F)cc2)c([O-])c1C1=C([n+]2ccc(C)c(C)c2)C(=O)N(CCOC)C1=O. The van der Waals surface area contributed by atoms with Gasteiger partial charge in [-0.05, 0) is 56.0 Å². The Morgan fingerprint density at radius 3 is 2.43 bits per heavy atom. The molecule has 0 spiro atoms. The largest absolute Gasteiger partial charge is 0.858 e. The Bertz CT molecular complexity index is 1330. The zero-order valence-electron chi connectivity index (χ0n) is 20.2. The van der Waals surface area contributed by atoms with Crippen LogP contribution in [0.25, 0.3) is 17.0 Å². The van der Waals surface area contributed by atoms with Gasteiger partial charge in [0.1, 0.15) is 11.4 Å². The Kier molecular flexibility index (Phi) is 6.79. The van der Waals surface area contributed by atoms with E-state index in [1.165, 1.54) is 31.4 Å². The van der Waals surface area contributed by atoms with Crippen molar-refractivity contribution in [3.05, 3.63) is 70.9 Å². The number of methoxy groups -OCH3 is 1. The van der Waals surface area contributed by atoms with Crippen molar-refractivity contribution in [2.45, 2.75) is 33.6 Å². The number of carbonyl (C=O) groups excluding carboxylic acids is 2. The van der Waals surface area contributed by atoms with Crippen LogP contribution in [0.5, 0.6) is 5.88 Å². The lowest BCUT2D eigenvalue weighted by Gasteiger charge is -2.15. The fourth-order valence-electron chi connectivity index (χ4n) is 4.10. The van der Waals surface area contributed by atoms with Crippen LogP contribution in [0.2, 0.25) is 0 Å². The van der Waals surface area contributed by atoms with Gasteiger partial charge in [0.2, 0.25) is 0 Å². The van der Waals surface area contributed by atoms with E-state index in [4.69, 9.17) is 4.74 Å². The predicted molar refractivity (Wildman–Crippen MR) is 125 cm³/mol. The van der Waals surface area contributed by atoms with Crippen molar-refractivity contribution < 1.29 is 28.4 Å². The summed E-state index contributed by atoms with van der Waals surface area (Å²) in [6, 6.07) is 7.22. The van der Waals surface area contributed by atoms with E-state index in [0.717, 1.165) is 20.7 Å². The smallest absolute Gasteiger partial charge is 0.326 e. The zero-order valence-corrected chi connectivity index (χ0v) is 20.2. The molecule has 8 nitrogen and oxygen atoms in total. The Balaban J connectivity index is 1.98. The number of nitrogens with zero attached hydrogens (tertiary/aromatic N) is 4. The number of ether oxygens (including phenoxy) is 1. The first-order valence-electron chi connectivity index (χ1n) is 11.4. The molecule has 0 atom stereocenters. The molecule has 0 fully saturated rings. The average Bonchev–Trinajstić information content (AvgIpc) is 3.27. The van der Waals surface area contributed by atoms with Crippen molar-refractivity contribution in [3.63, 3.8) is 0 Å². The lowest BCUT2D eigenvalue weighted by Crippen LogP contribution is -2.41. The second-order valence-electron chi connectivity index (χ2n) is 8.46. The quantitative estimate of drug-likeness (QED) is 0.366. The Morgan fingerprint density at radius 2 is 1.80 bits per heavy atom. The van der Waals surface area contributed by atoms with E-state index >= 15 is 0 Å². The van der Waals surface area contributed by atoms with Gasteiger partial charge in [0.05, 0.1) is 24.5 Å². The van der Waals surface area contributed by atoms with Gasteiger partial charge >= 0.3 is 5.91 Å². The number of hydrogen-bond acceptors (Lipinski definition) is 5. The maximum absolute atomic E-state index is 13.7. The van der Waals surface area contributed by atoms with Crippen molar-refractivity contribution in [1.29, 1.82) is 0 Å². The summed E-state index contributed by atoms with van der Waals surface area (Å²) in [7, 11) is 1.49. The molecule has 4 rings (SSSR count). The molecule has 35 heavy (non-hydrogen) atoms. The lowest BCUT2D eigenvalue weighted by atomic mass is 10.0. The zero-order chi connectivity index (χ0) is 25.3. The Hall–Kier alpha value is -3.85. The molecular formula is C26H27FN4O4. The highest BCUT2D eigenvalue weighted by Gasteiger charge is 2.46. The highest BCUT2D eigenvalue weighted by Crippen LogP contribution is 2.37. The number of aromatic nitrogens is 3. The minimum atomic E-state index is -0.569. The number of benzene rings is 1. The van der Waals surface area contributed by atoms with Crippen LogP contribution in [0, 0.1) is 19.7 Å². The summed E-state index contributed by atoms with van der Waals surface area (Å²) in [5.41, 5.74) is 2.94. The lowest BCUT2D eigenvalue weighted by molar-refractivity contribution is -0.577. The normalized spacial score (nSPS) is 13.9. The maximum Gasteiger partial charge on any atom is 0.326 e. The molecule has 0 unspecified atom stereocenters. The standard InChI is InChI=1S/C26H27FN4O4/c1-5-6-20-21(25(33)31(28-20)19-9-7-18(27)8-10-19)22-23(29-12-11-16(2)17(3)15-29)26(34)30(24(22)32)13-14-35-4/h7-12,15H,5-6,13-14H2,1-4H3. The second-order valence-corrected chi connectivity index (χ2v) is 8.46. The molecule has 1 aromatic carbocycles. The van der Waals surface area contributed by atoms with Crippen LogP contribution in [-0.2, 0) is 20.7 Å². The molecule has 1 aliphatic rings. The van der Waals surface area contributed by atoms with Crippen molar-refractivity contribution in [1.82, 2.24) is 14.7 Å². The summed E-state index contributed by atoms with van der Waals surface area (Å²) >= 11 is 0. The topological polar surface area (TPSA) is 91.4 Å². The number of imide groups is 1. The van der Waals surface area contributed by atoms with Gasteiger partial charge in [-0.15, -0.1) is 0 Å². The first-order chi connectivity index (χ1) is 16.8. The third-order valence-electron chi connectivity index (χ3n) is 6.08. The van der Waals surface area contributed by atoms with Crippen molar-refractivity contribution in [2.24, 2.45) is 0 Å². The third-order valence-corrected chi connectivity index (χ3v) is 6.08. The van der Waals surface area contributed by atoms with Crippen LogP contribution in [0.3, 0.4) is 0 Å². The average molecular weight is 479 g/mol. The van der Waals surface area contributed by atoms with Crippen molar-refractivity contribution in [3.8, 4) is 11.6 Å². The molecule has 0 N–H and O–H groups in total. The molecule has 2 aromatic heterocycles. The molecule has 3 aromatic rings. The van der Waals surface area contributed by atoms with Crippen LogP contribution in [-0.4, -0.2) is 46.8 Å². The molecule has 0 aliphatic carbocycles. The predicted octanol–water partition coefficient (Wildman–Crippen LogP) is 2.33. The van der Waals surface area contributed by atoms with Gasteiger partial charge in [-0.25, -0.2) is 9.07 Å². The van der Waals surface area contributed by atoms with E-state index in [9.17, 15) is 19.1 Å². The first kappa shape index (κ1) is 24.3. The molecule has 2 amide bonds. The highest BCUT2D eigenvalue weighted by atomic mass is 19.1. The number of rotatable bonds is 8. The molecule has 0 saturated heterocycles. The van der Waals surface area contributed by atoms with Crippen molar-refractivity contribution >= 4 is 23.1 Å². The fourth-order valence-corrected chi connectivity index (χ4v) is 4.10. The number of carbonyl (C=O) groups is 2. The van der Waals surface area contributed by atoms with Crippen LogP contribution < -0.4 is 9.67 Å². The summed E-state index contributed by atoms with van der Waals surface area (Å²) in [5, 5.41) is 18.1. The van der Waals surface area contributed by atoms with E-state index in [1.807, 2.05) is 26.8 Å². The molecule has 1 aliphatic heterocycles. The summed E-state index contributed by atoms with van der Waals surface area (Å²) in [5.74, 6) is -2.05. The van der Waals surface area contributed by atoms with E-state index in [-0.39, 0.29) is 30.0 Å². The van der Waals surface area contributed by atoms with E-state index in [1.54, 1.807) is 17.0 Å². The van der Waals surface area contributed by atoms with Crippen LogP contribution in [0.4, 0.5) is 4.39 Å². The number of hydrogen-bond donors (Lipinski definition) is 0. The summed E-state index contributed by atoms with van der Waals surface area (Å²) in [6.45, 7) is 6.00. The molecule has 9 heteroatoms. The molecular weight excluding hydrogens is 451 g/mol. The maximum atomic E-state index is 13.7. The minimum absolute atomic E-state index is 0.0150. The van der Waals surface area contributed by atoms with Crippen LogP contribution in [0.15, 0.2) is 42.7 Å². The van der Waals surface area contributed by atoms with E-state index in [2.05, 4.69) is 5.10 Å². The third kappa shape index (κ3) is 4.35. The second kappa shape index (κ2) is 9.79.